The summed E-state index contributed by atoms with van der Waals surface area (Å²) in [5.41, 5.74) is 7.45. The Kier molecular flexibility index (Phi) is 11.9. The Morgan fingerprint density at radius 3 is 1.77 bits per heavy atom. The lowest BCUT2D eigenvalue weighted by Gasteiger charge is -2.43. The molecule has 0 aliphatic carbocycles. The molecule has 0 amide bonds. The topological polar surface area (TPSA) is 52.5 Å². The summed E-state index contributed by atoms with van der Waals surface area (Å²) in [4.78, 5) is 12.1. The summed E-state index contributed by atoms with van der Waals surface area (Å²) >= 11 is 6.82. The second kappa shape index (κ2) is 17.2. The van der Waals surface area contributed by atoms with Crippen LogP contribution in [0.3, 0.4) is 0 Å². The zero-order valence-corrected chi connectivity index (χ0v) is 34.3. The minimum absolute atomic E-state index is 0.0866. The van der Waals surface area contributed by atoms with E-state index in [-0.39, 0.29) is 17.0 Å². The lowest BCUT2D eigenvalue weighted by Crippen LogP contribution is -2.66. The van der Waals surface area contributed by atoms with Crippen molar-refractivity contribution in [3.8, 4) is 0 Å². The van der Waals surface area contributed by atoms with E-state index < -0.39 is 8.32 Å². The Morgan fingerprint density at radius 2 is 1.25 bits per heavy atom. The molecule has 0 bridgehead atoms. The quantitative estimate of drug-likeness (QED) is 0.0883. The van der Waals surface area contributed by atoms with Gasteiger partial charge in [-0.15, -0.1) is 0 Å². The van der Waals surface area contributed by atoms with Crippen LogP contribution in [0.2, 0.25) is 10.1 Å². The third kappa shape index (κ3) is 7.96. The summed E-state index contributed by atoms with van der Waals surface area (Å²) < 4.78 is 15.0. The molecular weight excluding hydrogens is 728 g/mol. The van der Waals surface area contributed by atoms with Gasteiger partial charge in [0, 0.05) is 46.9 Å². The van der Waals surface area contributed by atoms with Crippen molar-refractivity contribution in [1.82, 2.24) is 4.57 Å². The smallest absolute Gasteiger partial charge is 0.337 e. The highest BCUT2D eigenvalue weighted by Gasteiger charge is 2.50. The number of carbonyl (C=O) groups excluding carboxylic acids is 1. The minimum atomic E-state index is -2.80. The third-order valence-corrected chi connectivity index (χ3v) is 16.0. The number of halogens is 1. The van der Waals surface area contributed by atoms with Gasteiger partial charge in [0.2, 0.25) is 0 Å². The Balaban J connectivity index is 1.35. The summed E-state index contributed by atoms with van der Waals surface area (Å²) in [6, 6.07) is 56.9. The second-order valence-corrected chi connectivity index (χ2v) is 19.9. The maximum absolute atomic E-state index is 12.1. The van der Waals surface area contributed by atoms with Crippen molar-refractivity contribution >= 4 is 52.9 Å². The van der Waals surface area contributed by atoms with E-state index in [0.29, 0.717) is 30.2 Å². The lowest BCUT2D eigenvalue weighted by molar-refractivity contribution is 0.0600. The number of nitrogens with zero attached hydrogens (tertiary/aromatic N) is 1. The predicted molar refractivity (Wildman–Crippen MR) is 234 cm³/mol. The summed E-state index contributed by atoms with van der Waals surface area (Å²) in [6.07, 6.45) is 1.43. The molecule has 6 aromatic carbocycles. The first-order valence-corrected chi connectivity index (χ1v) is 21.6. The first-order chi connectivity index (χ1) is 27.2. The van der Waals surface area contributed by atoms with Gasteiger partial charge >= 0.3 is 5.97 Å². The zero-order valence-electron chi connectivity index (χ0n) is 32.5. The highest BCUT2D eigenvalue weighted by Crippen LogP contribution is 2.40. The van der Waals surface area contributed by atoms with Gasteiger partial charge in [-0.3, -0.25) is 0 Å². The van der Waals surface area contributed by atoms with E-state index >= 15 is 0 Å². The second-order valence-electron chi connectivity index (χ2n) is 15.2. The van der Waals surface area contributed by atoms with E-state index in [2.05, 4.69) is 164 Å². The van der Waals surface area contributed by atoms with Gasteiger partial charge in [0.1, 0.15) is 0 Å². The van der Waals surface area contributed by atoms with Crippen LogP contribution in [0, 0.1) is 0 Å². The van der Waals surface area contributed by atoms with Crippen LogP contribution >= 0.6 is 11.6 Å². The Labute approximate surface area is 337 Å². The molecule has 0 saturated carbocycles. The molecule has 0 spiro atoms. The largest absolute Gasteiger partial charge is 0.465 e. The van der Waals surface area contributed by atoms with Crippen LogP contribution in [0.25, 0.3) is 10.9 Å². The van der Waals surface area contributed by atoms with E-state index in [1.54, 1.807) is 12.1 Å². The van der Waals surface area contributed by atoms with Crippen LogP contribution in [0.4, 0.5) is 5.69 Å². The standard InChI is InChI=1S/C49H49ClN2O3Si/c1-49(2,3)56(41-21-13-7-14-22-41,42-23-15-8-16-24-42)55-34-32-46-43(31-33-51-40-28-25-38(26-29-40)48(53)54-4)44-35-39(50)27-30-45(44)52(46)47(36-17-9-5-10-18-36)37-19-11-6-12-20-37/h5-30,35,47,51H,31-34H2,1-4H3. The van der Waals surface area contributed by atoms with E-state index in [1.807, 2.05) is 18.2 Å². The number of aromatic nitrogens is 1. The molecule has 0 saturated heterocycles. The SMILES string of the molecule is COC(=O)c1ccc(NCCc2c(CCO[Si](c3ccccc3)(c3ccccc3)C(C)(C)C)n(C(c3ccccc3)c3ccccc3)c3ccc(Cl)cc23)cc1. The number of methoxy groups -OCH3 is 1. The van der Waals surface area contributed by atoms with Gasteiger partial charge in [-0.2, -0.15) is 0 Å². The molecule has 7 aromatic rings. The number of carbonyl (C=O) groups is 1. The van der Waals surface area contributed by atoms with Crippen molar-refractivity contribution in [2.75, 3.05) is 25.6 Å². The summed E-state index contributed by atoms with van der Waals surface area (Å²) in [7, 11) is -1.40. The highest BCUT2D eigenvalue weighted by molar-refractivity contribution is 6.99. The fraction of sp³-hybridized carbons (Fsp3) is 0.204. The lowest BCUT2D eigenvalue weighted by atomic mass is 9.97. The highest BCUT2D eigenvalue weighted by atomic mass is 35.5. The maximum atomic E-state index is 12.1. The Bertz CT molecular complexity index is 2280. The number of hydrogen-bond donors (Lipinski definition) is 1. The Hall–Kier alpha value is -5.40. The van der Waals surface area contributed by atoms with Gasteiger partial charge < -0.3 is 19.0 Å². The number of fused-ring (bicyclic) bond motifs is 1. The normalized spacial score (nSPS) is 11.9. The van der Waals surface area contributed by atoms with E-state index in [0.717, 1.165) is 23.0 Å². The molecule has 7 rings (SSSR count). The van der Waals surface area contributed by atoms with Crippen LogP contribution in [0.5, 0.6) is 0 Å². The number of anilines is 1. The first kappa shape index (κ1) is 38.9. The van der Waals surface area contributed by atoms with E-state index in [9.17, 15) is 4.79 Å². The first-order valence-electron chi connectivity index (χ1n) is 19.3. The summed E-state index contributed by atoms with van der Waals surface area (Å²) in [5.74, 6) is -0.349. The monoisotopic (exact) mass is 776 g/mol. The average Bonchev–Trinajstić information content (AvgIpc) is 3.51. The van der Waals surface area contributed by atoms with Crippen molar-refractivity contribution in [3.63, 3.8) is 0 Å². The molecule has 0 radical (unpaired) electrons. The molecule has 1 heterocycles. The molecule has 0 aliphatic rings. The average molecular weight is 777 g/mol. The van der Waals surface area contributed by atoms with E-state index in [4.69, 9.17) is 20.8 Å². The molecule has 0 unspecified atom stereocenters. The van der Waals surface area contributed by atoms with Crippen LogP contribution in [-0.2, 0) is 22.0 Å². The van der Waals surface area contributed by atoms with Crippen LogP contribution < -0.4 is 15.7 Å². The van der Waals surface area contributed by atoms with Gasteiger partial charge in [-0.05, 0) is 81.0 Å². The van der Waals surface area contributed by atoms with Gasteiger partial charge in [0.05, 0.1) is 18.7 Å². The third-order valence-electron chi connectivity index (χ3n) is 10.8. The van der Waals surface area contributed by atoms with E-state index in [1.165, 1.54) is 39.9 Å². The molecule has 1 aromatic heterocycles. The van der Waals surface area contributed by atoms with Gasteiger partial charge in [0.25, 0.3) is 8.32 Å². The van der Waals surface area contributed by atoms with Crippen molar-refractivity contribution in [2.45, 2.75) is 44.7 Å². The van der Waals surface area contributed by atoms with Crippen molar-refractivity contribution in [1.29, 1.82) is 0 Å². The van der Waals surface area contributed by atoms with Gasteiger partial charge in [-0.1, -0.05) is 154 Å². The maximum Gasteiger partial charge on any atom is 0.337 e. The molecular formula is C49H49ClN2O3Si. The fourth-order valence-corrected chi connectivity index (χ4v) is 13.0. The van der Waals surface area contributed by atoms with Crippen LogP contribution in [0.1, 0.15) is 59.6 Å². The molecule has 0 aliphatic heterocycles. The Morgan fingerprint density at radius 1 is 0.714 bits per heavy atom. The zero-order chi connectivity index (χ0) is 39.1. The van der Waals surface area contributed by atoms with Crippen molar-refractivity contribution < 1.29 is 14.0 Å². The number of esters is 1. The van der Waals surface area contributed by atoms with Crippen LogP contribution in [0.15, 0.2) is 164 Å². The molecule has 7 heteroatoms. The van der Waals surface area contributed by atoms with Crippen molar-refractivity contribution in [3.05, 3.63) is 197 Å². The minimum Gasteiger partial charge on any atom is -0.465 e. The molecule has 56 heavy (non-hydrogen) atoms. The number of benzene rings is 6. The molecule has 0 atom stereocenters. The van der Waals surface area contributed by atoms with Crippen LogP contribution in [-0.4, -0.2) is 39.1 Å². The fourth-order valence-electron chi connectivity index (χ4n) is 8.25. The molecule has 1 N–H and O–H groups in total. The van der Waals surface area contributed by atoms with Gasteiger partial charge in [-0.25, -0.2) is 4.79 Å². The summed E-state index contributed by atoms with van der Waals surface area (Å²) in [6.45, 7) is 8.19. The van der Waals surface area contributed by atoms with Crippen molar-refractivity contribution in [2.24, 2.45) is 0 Å². The molecule has 0 fully saturated rings. The summed E-state index contributed by atoms with van der Waals surface area (Å²) in [5, 5.41) is 7.83. The van der Waals surface area contributed by atoms with Gasteiger partial charge in [0.15, 0.2) is 0 Å². The molecule has 284 valence electrons. The number of rotatable bonds is 14. The predicted octanol–water partition coefficient (Wildman–Crippen LogP) is 10.5. The number of nitrogens with one attached hydrogen (secondary N) is 1. The number of hydrogen-bond acceptors (Lipinski definition) is 4. The number of ether oxygens (including phenoxy) is 1. The molecule has 5 nitrogen and oxygen atoms in total.